The average molecular weight is 284 g/mol. The van der Waals surface area contributed by atoms with Crippen molar-refractivity contribution in [1.29, 1.82) is 0 Å². The topological polar surface area (TPSA) is 83.7 Å². The monoisotopic (exact) mass is 284 g/mol. The lowest BCUT2D eigenvalue weighted by Gasteiger charge is -2.28. The standard InChI is InChI=1S/C13H17FN2O4/c1-4-15(8-13(2,3)18)12(17)9-5-10(14)7-11(6-9)16(19)20/h5-7,18H,4,8H2,1-3H3. The highest BCUT2D eigenvalue weighted by atomic mass is 19.1. The van der Waals surface area contributed by atoms with E-state index in [9.17, 15) is 24.4 Å². The summed E-state index contributed by atoms with van der Waals surface area (Å²) < 4.78 is 13.3. The molecule has 0 aliphatic carbocycles. The van der Waals surface area contributed by atoms with Gasteiger partial charge in [-0.15, -0.1) is 0 Å². The Morgan fingerprint density at radius 3 is 2.50 bits per heavy atom. The maximum atomic E-state index is 13.3. The molecule has 0 aliphatic heterocycles. The highest BCUT2D eigenvalue weighted by Gasteiger charge is 2.24. The predicted molar refractivity (Wildman–Crippen MR) is 70.9 cm³/mol. The fourth-order valence-corrected chi connectivity index (χ4v) is 1.78. The van der Waals surface area contributed by atoms with Crippen molar-refractivity contribution < 1.29 is 19.2 Å². The molecule has 0 atom stereocenters. The second kappa shape index (κ2) is 5.96. The highest BCUT2D eigenvalue weighted by molar-refractivity contribution is 5.94. The van der Waals surface area contributed by atoms with E-state index in [2.05, 4.69) is 0 Å². The Labute approximate surface area is 116 Å². The molecule has 0 aromatic heterocycles. The van der Waals surface area contributed by atoms with Crippen LogP contribution in [0.15, 0.2) is 18.2 Å². The average Bonchev–Trinajstić information content (AvgIpc) is 2.33. The number of hydrogen-bond acceptors (Lipinski definition) is 4. The van der Waals surface area contributed by atoms with Gasteiger partial charge in [0.15, 0.2) is 0 Å². The number of aliphatic hydroxyl groups is 1. The predicted octanol–water partition coefficient (Wildman–Crippen LogP) is 1.97. The quantitative estimate of drug-likeness (QED) is 0.661. The lowest BCUT2D eigenvalue weighted by atomic mass is 10.1. The Kier molecular flexibility index (Phi) is 4.78. The van der Waals surface area contributed by atoms with Crippen molar-refractivity contribution >= 4 is 11.6 Å². The van der Waals surface area contributed by atoms with Crippen LogP contribution in [0.4, 0.5) is 10.1 Å². The first-order valence-electron chi connectivity index (χ1n) is 6.10. The van der Waals surface area contributed by atoms with Gasteiger partial charge in [0.1, 0.15) is 5.82 Å². The minimum atomic E-state index is -1.11. The van der Waals surface area contributed by atoms with Gasteiger partial charge in [0.2, 0.25) is 0 Å². The van der Waals surface area contributed by atoms with E-state index in [1.807, 2.05) is 0 Å². The van der Waals surface area contributed by atoms with Gasteiger partial charge in [-0.25, -0.2) is 4.39 Å². The van der Waals surface area contributed by atoms with Gasteiger partial charge in [-0.2, -0.15) is 0 Å². The van der Waals surface area contributed by atoms with Gasteiger partial charge in [-0.3, -0.25) is 14.9 Å². The number of hydrogen-bond donors (Lipinski definition) is 1. The van der Waals surface area contributed by atoms with Gasteiger partial charge in [0, 0.05) is 24.7 Å². The summed E-state index contributed by atoms with van der Waals surface area (Å²) in [6.45, 7) is 5.13. The van der Waals surface area contributed by atoms with Crippen molar-refractivity contribution in [3.8, 4) is 0 Å². The van der Waals surface area contributed by atoms with Crippen molar-refractivity contribution in [3.05, 3.63) is 39.7 Å². The van der Waals surface area contributed by atoms with Gasteiger partial charge in [-0.05, 0) is 26.8 Å². The second-order valence-electron chi connectivity index (χ2n) is 5.09. The van der Waals surface area contributed by atoms with Crippen LogP contribution in [0, 0.1) is 15.9 Å². The van der Waals surface area contributed by atoms with E-state index in [0.717, 1.165) is 18.2 Å². The molecule has 110 valence electrons. The number of non-ortho nitro benzene ring substituents is 1. The molecule has 6 nitrogen and oxygen atoms in total. The van der Waals surface area contributed by atoms with Gasteiger partial charge in [-0.1, -0.05) is 0 Å². The molecule has 1 aromatic carbocycles. The number of nitrogens with zero attached hydrogens (tertiary/aromatic N) is 2. The van der Waals surface area contributed by atoms with E-state index < -0.39 is 27.9 Å². The van der Waals surface area contributed by atoms with Crippen LogP contribution in [0.2, 0.25) is 0 Å². The number of nitro benzene ring substituents is 1. The van der Waals surface area contributed by atoms with Crippen LogP contribution in [0.1, 0.15) is 31.1 Å². The number of carbonyl (C=O) groups is 1. The molecule has 1 amide bonds. The summed E-state index contributed by atoms with van der Waals surface area (Å²) in [5, 5.41) is 20.4. The van der Waals surface area contributed by atoms with Crippen LogP contribution >= 0.6 is 0 Å². The third-order valence-electron chi connectivity index (χ3n) is 2.59. The maximum absolute atomic E-state index is 13.3. The molecule has 0 saturated heterocycles. The van der Waals surface area contributed by atoms with E-state index in [1.165, 1.54) is 18.7 Å². The van der Waals surface area contributed by atoms with Gasteiger partial charge in [0.25, 0.3) is 11.6 Å². The molecule has 0 saturated carbocycles. The molecule has 1 aromatic rings. The lowest BCUT2D eigenvalue weighted by Crippen LogP contribution is -2.42. The van der Waals surface area contributed by atoms with Gasteiger partial charge < -0.3 is 10.0 Å². The Morgan fingerprint density at radius 1 is 1.45 bits per heavy atom. The summed E-state index contributed by atoms with van der Waals surface area (Å²) >= 11 is 0. The van der Waals surface area contributed by atoms with Crippen LogP contribution in [-0.2, 0) is 0 Å². The number of benzene rings is 1. The third-order valence-corrected chi connectivity index (χ3v) is 2.59. The molecule has 0 fully saturated rings. The molecule has 0 heterocycles. The van der Waals surface area contributed by atoms with Gasteiger partial charge in [0.05, 0.1) is 16.6 Å². The molecule has 20 heavy (non-hydrogen) atoms. The second-order valence-corrected chi connectivity index (χ2v) is 5.09. The molecular formula is C13H17FN2O4. The zero-order valence-corrected chi connectivity index (χ0v) is 11.6. The SMILES string of the molecule is CCN(CC(C)(C)O)C(=O)c1cc(F)cc([N+](=O)[O-])c1. The summed E-state index contributed by atoms with van der Waals surface area (Å²) in [7, 11) is 0. The van der Waals surface area contributed by atoms with Crippen LogP contribution in [0.3, 0.4) is 0 Å². The number of amides is 1. The molecule has 0 radical (unpaired) electrons. The highest BCUT2D eigenvalue weighted by Crippen LogP contribution is 2.18. The first kappa shape index (κ1) is 16.0. The summed E-state index contributed by atoms with van der Waals surface area (Å²) in [6.07, 6.45) is 0. The molecule has 1 N–H and O–H groups in total. The van der Waals surface area contributed by atoms with Crippen molar-refractivity contribution in [3.63, 3.8) is 0 Å². The van der Waals surface area contributed by atoms with E-state index >= 15 is 0 Å². The molecule has 0 spiro atoms. The van der Waals surface area contributed by atoms with Crippen LogP contribution in [0.25, 0.3) is 0 Å². The molecule has 0 bridgehead atoms. The van der Waals surface area contributed by atoms with E-state index in [1.54, 1.807) is 6.92 Å². The van der Waals surface area contributed by atoms with Crippen molar-refractivity contribution in [1.82, 2.24) is 4.90 Å². The first-order valence-corrected chi connectivity index (χ1v) is 6.10. The largest absolute Gasteiger partial charge is 0.389 e. The zero-order valence-electron chi connectivity index (χ0n) is 11.6. The van der Waals surface area contributed by atoms with Crippen LogP contribution < -0.4 is 0 Å². The Bertz CT molecular complexity index is 526. The Hall–Kier alpha value is -2.02. The number of nitro groups is 1. The van der Waals surface area contributed by atoms with E-state index in [0.29, 0.717) is 6.54 Å². The summed E-state index contributed by atoms with van der Waals surface area (Å²) in [6, 6.07) is 2.73. The van der Waals surface area contributed by atoms with E-state index in [-0.39, 0.29) is 12.1 Å². The number of rotatable bonds is 5. The normalized spacial score (nSPS) is 11.2. The van der Waals surface area contributed by atoms with Crippen molar-refractivity contribution in [2.24, 2.45) is 0 Å². The third kappa shape index (κ3) is 4.27. The molecule has 0 unspecified atom stereocenters. The number of halogens is 1. The summed E-state index contributed by atoms with van der Waals surface area (Å²) in [4.78, 5) is 23.4. The van der Waals surface area contributed by atoms with Crippen LogP contribution in [0.5, 0.6) is 0 Å². The fraction of sp³-hybridized carbons (Fsp3) is 0.462. The van der Waals surface area contributed by atoms with E-state index in [4.69, 9.17) is 0 Å². The first-order chi connectivity index (χ1) is 9.14. The van der Waals surface area contributed by atoms with Crippen molar-refractivity contribution in [2.75, 3.05) is 13.1 Å². The minimum absolute atomic E-state index is 0.0483. The lowest BCUT2D eigenvalue weighted by molar-refractivity contribution is -0.385. The number of carbonyl (C=O) groups excluding carboxylic acids is 1. The smallest absolute Gasteiger partial charge is 0.273 e. The zero-order chi connectivity index (χ0) is 15.5. The fourth-order valence-electron chi connectivity index (χ4n) is 1.78. The Balaban J connectivity index is 3.09. The summed E-state index contributed by atoms with van der Waals surface area (Å²) in [5.41, 5.74) is -1.69. The molecule has 0 aliphatic rings. The minimum Gasteiger partial charge on any atom is -0.389 e. The van der Waals surface area contributed by atoms with Crippen molar-refractivity contribution in [2.45, 2.75) is 26.4 Å². The molecular weight excluding hydrogens is 267 g/mol. The molecule has 7 heteroatoms. The Morgan fingerprint density at radius 2 is 2.05 bits per heavy atom. The maximum Gasteiger partial charge on any atom is 0.273 e. The summed E-state index contributed by atoms with van der Waals surface area (Å²) in [5.74, 6) is -1.40. The van der Waals surface area contributed by atoms with Crippen LogP contribution in [-0.4, -0.2) is 39.5 Å². The number of likely N-dealkylation sites (N-methyl/N-ethyl adjacent to an activating group) is 1. The van der Waals surface area contributed by atoms with Gasteiger partial charge >= 0.3 is 0 Å². The molecule has 1 rings (SSSR count).